The predicted molar refractivity (Wildman–Crippen MR) is 168 cm³/mol. The topological polar surface area (TPSA) is 72.1 Å². The summed E-state index contributed by atoms with van der Waals surface area (Å²) in [6.07, 6.45) is -0.461. The Morgan fingerprint density at radius 1 is 0.952 bits per heavy atom. The average molecular weight is 568 g/mol. The fourth-order valence-corrected chi connectivity index (χ4v) is 6.45. The first kappa shape index (κ1) is 28.9. The van der Waals surface area contributed by atoms with Gasteiger partial charge >= 0.3 is 13.2 Å². The van der Waals surface area contributed by atoms with Gasteiger partial charge in [0.05, 0.1) is 11.2 Å². The molecule has 2 aliphatic heterocycles. The maximum atomic E-state index is 13.4. The first-order chi connectivity index (χ1) is 20.1. The summed E-state index contributed by atoms with van der Waals surface area (Å²) in [5.74, 6) is 0.00542. The summed E-state index contributed by atoms with van der Waals surface area (Å²) in [5, 5.41) is 6.52. The van der Waals surface area contributed by atoms with Gasteiger partial charge in [-0.15, -0.1) is 0 Å². The van der Waals surface area contributed by atoms with Crippen molar-refractivity contribution in [1.82, 2.24) is 10.2 Å². The summed E-state index contributed by atoms with van der Waals surface area (Å²) >= 11 is 0. The van der Waals surface area contributed by atoms with E-state index >= 15 is 0 Å². The third-order valence-electron chi connectivity index (χ3n) is 9.69. The predicted octanol–water partition coefficient (Wildman–Crippen LogP) is 5.37. The normalized spacial score (nSPS) is 19.4. The first-order valence-electron chi connectivity index (χ1n) is 15.1. The van der Waals surface area contributed by atoms with E-state index in [-0.39, 0.29) is 12.5 Å². The molecule has 3 aliphatic rings. The standard InChI is InChI=1S/C34H42BN3O4/c1-22-24(20-38-17-15-36-16-18-38)19-30(23(2)31(22)35-41-33(3,4)34(5,6)42-35)37-32(39)40-21-29-27-13-9-7-11-25(27)26-12-8-10-14-28(26)29/h7-14,19,29,36H,15-18,20-21H2,1-6H3,(H,37,39). The second kappa shape index (κ2) is 11.2. The van der Waals surface area contributed by atoms with Crippen molar-refractivity contribution < 1.29 is 18.8 Å². The Morgan fingerprint density at radius 2 is 1.52 bits per heavy atom. The van der Waals surface area contributed by atoms with Crippen molar-refractivity contribution in [2.24, 2.45) is 0 Å². The lowest BCUT2D eigenvalue weighted by Gasteiger charge is -2.32. The minimum atomic E-state index is -0.527. The summed E-state index contributed by atoms with van der Waals surface area (Å²) in [5.41, 5.74) is 8.81. The number of rotatable bonds is 6. The van der Waals surface area contributed by atoms with Gasteiger partial charge in [-0.3, -0.25) is 10.2 Å². The second-order valence-corrected chi connectivity index (χ2v) is 12.8. The lowest BCUT2D eigenvalue weighted by molar-refractivity contribution is 0.00578. The Bertz CT molecular complexity index is 1440. The third kappa shape index (κ3) is 5.26. The van der Waals surface area contributed by atoms with E-state index in [2.05, 4.69) is 92.6 Å². The van der Waals surface area contributed by atoms with Gasteiger partial charge in [-0.25, -0.2) is 4.79 Å². The molecule has 2 saturated heterocycles. The lowest BCUT2D eigenvalue weighted by Crippen LogP contribution is -2.44. The van der Waals surface area contributed by atoms with Gasteiger partial charge in [-0.2, -0.15) is 0 Å². The van der Waals surface area contributed by atoms with Crippen LogP contribution in [0.25, 0.3) is 11.1 Å². The molecule has 0 bridgehead atoms. The molecule has 1 amide bonds. The van der Waals surface area contributed by atoms with Crippen molar-refractivity contribution in [1.29, 1.82) is 0 Å². The van der Waals surface area contributed by atoms with Gasteiger partial charge in [0.15, 0.2) is 0 Å². The Kier molecular flexibility index (Phi) is 7.68. The molecule has 2 heterocycles. The number of carbonyl (C=O) groups excluding carboxylic acids is 1. The molecule has 3 aromatic rings. The highest BCUT2D eigenvalue weighted by Crippen LogP contribution is 2.44. The van der Waals surface area contributed by atoms with E-state index in [0.717, 1.165) is 60.6 Å². The molecule has 2 fully saturated rings. The molecular weight excluding hydrogens is 525 g/mol. The van der Waals surface area contributed by atoms with Crippen LogP contribution in [-0.4, -0.2) is 62.1 Å². The van der Waals surface area contributed by atoms with Crippen molar-refractivity contribution in [3.8, 4) is 11.1 Å². The van der Waals surface area contributed by atoms with E-state index in [0.29, 0.717) is 0 Å². The van der Waals surface area contributed by atoms with Crippen LogP contribution in [0, 0.1) is 13.8 Å². The fraction of sp³-hybridized carbons (Fsp3) is 0.441. The molecule has 0 saturated carbocycles. The van der Waals surface area contributed by atoms with Gasteiger partial charge in [0, 0.05) is 44.3 Å². The number of amides is 1. The van der Waals surface area contributed by atoms with Gasteiger partial charge in [0.2, 0.25) is 0 Å². The van der Waals surface area contributed by atoms with Crippen LogP contribution in [0.4, 0.5) is 10.5 Å². The number of carbonyl (C=O) groups is 1. The van der Waals surface area contributed by atoms with Crippen molar-refractivity contribution in [3.05, 3.63) is 82.4 Å². The van der Waals surface area contributed by atoms with E-state index in [4.69, 9.17) is 14.0 Å². The summed E-state index contributed by atoms with van der Waals surface area (Å²) in [6, 6.07) is 18.8. The monoisotopic (exact) mass is 567 g/mol. The van der Waals surface area contributed by atoms with Gasteiger partial charge in [0.1, 0.15) is 6.61 Å². The highest BCUT2D eigenvalue weighted by Gasteiger charge is 2.52. The highest BCUT2D eigenvalue weighted by molar-refractivity contribution is 6.63. The molecule has 8 heteroatoms. The van der Waals surface area contributed by atoms with Crippen molar-refractivity contribution >= 4 is 24.4 Å². The number of hydrogen-bond acceptors (Lipinski definition) is 6. The van der Waals surface area contributed by atoms with Gasteiger partial charge in [-0.05, 0) is 92.0 Å². The number of piperazine rings is 1. The number of fused-ring (bicyclic) bond motifs is 3. The zero-order valence-electron chi connectivity index (χ0n) is 25.7. The van der Waals surface area contributed by atoms with E-state index < -0.39 is 24.4 Å². The molecular formula is C34H42BN3O4. The van der Waals surface area contributed by atoms with Crippen LogP contribution in [0.5, 0.6) is 0 Å². The maximum Gasteiger partial charge on any atom is 0.495 e. The summed E-state index contributed by atoms with van der Waals surface area (Å²) < 4.78 is 18.9. The highest BCUT2D eigenvalue weighted by atomic mass is 16.7. The molecule has 0 atom stereocenters. The Morgan fingerprint density at radius 3 is 2.12 bits per heavy atom. The third-order valence-corrected chi connectivity index (χ3v) is 9.69. The summed E-state index contributed by atoms with van der Waals surface area (Å²) in [6.45, 7) is 17.4. The van der Waals surface area contributed by atoms with Crippen molar-refractivity contribution in [2.75, 3.05) is 38.1 Å². The zero-order valence-corrected chi connectivity index (χ0v) is 25.7. The van der Waals surface area contributed by atoms with E-state index in [1.54, 1.807) is 0 Å². The molecule has 42 heavy (non-hydrogen) atoms. The molecule has 0 unspecified atom stereocenters. The van der Waals surface area contributed by atoms with Crippen LogP contribution in [-0.2, 0) is 20.6 Å². The maximum absolute atomic E-state index is 13.4. The molecule has 1 aliphatic carbocycles. The van der Waals surface area contributed by atoms with Gasteiger partial charge < -0.3 is 19.4 Å². The molecule has 2 N–H and O–H groups in total. The van der Waals surface area contributed by atoms with Crippen LogP contribution < -0.4 is 16.1 Å². The van der Waals surface area contributed by atoms with Crippen molar-refractivity contribution in [2.45, 2.75) is 65.2 Å². The smallest absolute Gasteiger partial charge is 0.448 e. The second-order valence-electron chi connectivity index (χ2n) is 12.8. The average Bonchev–Trinajstić information content (AvgIpc) is 3.39. The number of ether oxygens (including phenoxy) is 1. The van der Waals surface area contributed by atoms with Gasteiger partial charge in [-0.1, -0.05) is 48.5 Å². The van der Waals surface area contributed by atoms with Crippen LogP contribution in [0.15, 0.2) is 54.6 Å². The number of nitrogens with zero attached hydrogens (tertiary/aromatic N) is 1. The summed E-state index contributed by atoms with van der Waals surface area (Å²) in [4.78, 5) is 15.8. The largest absolute Gasteiger partial charge is 0.495 e. The molecule has 6 rings (SSSR count). The van der Waals surface area contributed by atoms with Crippen LogP contribution >= 0.6 is 0 Å². The van der Waals surface area contributed by atoms with Gasteiger partial charge in [0.25, 0.3) is 0 Å². The zero-order chi connectivity index (χ0) is 29.6. The Hall–Kier alpha value is -3.17. The van der Waals surface area contributed by atoms with Crippen molar-refractivity contribution in [3.63, 3.8) is 0 Å². The molecule has 3 aromatic carbocycles. The molecule has 0 radical (unpaired) electrons. The minimum absolute atomic E-state index is 0.00542. The van der Waals surface area contributed by atoms with E-state index in [1.807, 2.05) is 19.1 Å². The fourth-order valence-electron chi connectivity index (χ4n) is 6.45. The van der Waals surface area contributed by atoms with E-state index in [9.17, 15) is 4.79 Å². The first-order valence-corrected chi connectivity index (χ1v) is 15.1. The molecule has 0 spiro atoms. The minimum Gasteiger partial charge on any atom is -0.448 e. The van der Waals surface area contributed by atoms with Crippen LogP contribution in [0.3, 0.4) is 0 Å². The number of nitrogens with one attached hydrogen (secondary N) is 2. The Labute approximate surface area is 250 Å². The lowest BCUT2D eigenvalue weighted by atomic mass is 9.71. The molecule has 0 aromatic heterocycles. The quantitative estimate of drug-likeness (QED) is 0.391. The number of hydrogen-bond donors (Lipinski definition) is 2. The SMILES string of the molecule is Cc1c(CN2CCNCC2)cc(NC(=O)OCC2c3ccccc3-c3ccccc32)c(C)c1B1OC(C)(C)C(C)(C)O1. The molecule has 7 nitrogen and oxygen atoms in total. The number of anilines is 1. The van der Waals surface area contributed by atoms with E-state index in [1.165, 1.54) is 22.3 Å². The Balaban J connectivity index is 1.26. The summed E-state index contributed by atoms with van der Waals surface area (Å²) in [7, 11) is -0.527. The molecule has 220 valence electrons. The number of benzene rings is 3. The van der Waals surface area contributed by atoms with Crippen LogP contribution in [0.1, 0.15) is 61.4 Å². The van der Waals surface area contributed by atoms with Crippen LogP contribution in [0.2, 0.25) is 0 Å².